The lowest BCUT2D eigenvalue weighted by molar-refractivity contribution is -0.0940. The van der Waals surface area contributed by atoms with Gasteiger partial charge in [-0.1, -0.05) is 41.4 Å². The van der Waals surface area contributed by atoms with E-state index in [1.165, 1.54) is 0 Å². The van der Waals surface area contributed by atoms with Gasteiger partial charge in [-0.15, -0.1) is 0 Å². The zero-order valence-electron chi connectivity index (χ0n) is 20.0. The van der Waals surface area contributed by atoms with Crippen LogP contribution in [0, 0.1) is 13.8 Å². The molecule has 0 aliphatic rings. The smallest absolute Gasteiger partial charge is 0.176 e. The molecule has 0 spiro atoms. The van der Waals surface area contributed by atoms with Crippen LogP contribution in [0.25, 0.3) is 0 Å². The number of ether oxygens (including phenoxy) is 4. The Balaban J connectivity index is 0.000000514. The molecule has 0 unspecified atom stereocenters. The first kappa shape index (κ1) is 31.2. The van der Waals surface area contributed by atoms with Crippen molar-refractivity contribution < 1.29 is 23.7 Å². The number of aryl methyl sites for hydroxylation is 2. The predicted molar refractivity (Wildman–Crippen MR) is 135 cm³/mol. The Kier molecular flexibility index (Phi) is 17.5. The molecular weight excluding hydrogens is 467 g/mol. The minimum atomic E-state index is -0.305. The van der Waals surface area contributed by atoms with Crippen molar-refractivity contribution in [1.82, 2.24) is 0 Å². The number of aldehydes is 1. The average molecular weight is 501 g/mol. The first-order valence-electron chi connectivity index (χ1n) is 10.0. The summed E-state index contributed by atoms with van der Waals surface area (Å²) < 4.78 is 19.4. The molecular formula is C24H34Cl2N2O5. The van der Waals surface area contributed by atoms with Gasteiger partial charge in [-0.2, -0.15) is 0 Å². The highest BCUT2D eigenvalue weighted by Gasteiger charge is 2.02. The molecule has 0 aliphatic carbocycles. The summed E-state index contributed by atoms with van der Waals surface area (Å²) in [6.07, 6.45) is 1.94. The maximum absolute atomic E-state index is 10.3. The van der Waals surface area contributed by atoms with Gasteiger partial charge in [0.2, 0.25) is 0 Å². The lowest BCUT2D eigenvalue weighted by Crippen LogP contribution is -2.23. The van der Waals surface area contributed by atoms with Crippen molar-refractivity contribution in [2.75, 3.05) is 41.5 Å². The zero-order valence-corrected chi connectivity index (χ0v) is 21.5. The number of hydrogen-bond acceptors (Lipinski definition) is 7. The van der Waals surface area contributed by atoms with Crippen molar-refractivity contribution in [3.05, 3.63) is 68.7 Å². The van der Waals surface area contributed by atoms with E-state index in [1.54, 1.807) is 46.8 Å². The summed E-state index contributed by atoms with van der Waals surface area (Å²) in [4.78, 5) is 14.5. The number of rotatable bonds is 9. The Hall–Kier alpha value is -1.84. The van der Waals surface area contributed by atoms with Gasteiger partial charge in [-0.3, -0.25) is 9.79 Å². The van der Waals surface area contributed by atoms with Crippen LogP contribution in [0.3, 0.4) is 0 Å². The fourth-order valence-corrected chi connectivity index (χ4v) is 2.80. The number of carbonyl (C=O) groups is 1. The monoisotopic (exact) mass is 500 g/mol. The number of carbonyl (C=O) groups excluding carboxylic acids is 1. The molecule has 0 bridgehead atoms. The predicted octanol–water partition coefficient (Wildman–Crippen LogP) is 4.71. The molecule has 184 valence electrons. The second kappa shape index (κ2) is 18.6. The van der Waals surface area contributed by atoms with Crippen LogP contribution >= 0.6 is 23.2 Å². The van der Waals surface area contributed by atoms with Gasteiger partial charge in [0.15, 0.2) is 18.9 Å². The number of benzene rings is 2. The van der Waals surface area contributed by atoms with Gasteiger partial charge >= 0.3 is 0 Å². The zero-order chi connectivity index (χ0) is 25.2. The maximum atomic E-state index is 10.3. The third kappa shape index (κ3) is 13.5. The summed E-state index contributed by atoms with van der Waals surface area (Å²) in [5.41, 5.74) is 8.79. The Labute approximate surface area is 206 Å². The van der Waals surface area contributed by atoms with Gasteiger partial charge in [0.05, 0.1) is 11.6 Å². The van der Waals surface area contributed by atoms with E-state index in [9.17, 15) is 4.79 Å². The molecule has 0 heterocycles. The van der Waals surface area contributed by atoms with Crippen LogP contribution in [0.15, 0.2) is 41.4 Å². The summed E-state index contributed by atoms with van der Waals surface area (Å²) >= 11 is 11.8. The minimum Gasteiger partial charge on any atom is -0.355 e. The molecule has 7 nitrogen and oxygen atoms in total. The number of nitrogens with two attached hydrogens (primary N) is 1. The van der Waals surface area contributed by atoms with Crippen molar-refractivity contribution in [3.8, 4) is 0 Å². The van der Waals surface area contributed by atoms with Crippen LogP contribution in [0.1, 0.15) is 27.0 Å². The highest BCUT2D eigenvalue weighted by atomic mass is 35.5. The fraction of sp³-hybridized carbons (Fsp3) is 0.417. The minimum absolute atomic E-state index is 0.236. The molecule has 0 radical (unpaired) electrons. The van der Waals surface area contributed by atoms with Crippen LogP contribution in [0.5, 0.6) is 0 Å². The first-order valence-corrected chi connectivity index (χ1v) is 10.8. The number of methoxy groups -OCH3 is 4. The molecule has 0 amide bonds. The van der Waals surface area contributed by atoms with Crippen LogP contribution < -0.4 is 5.73 Å². The van der Waals surface area contributed by atoms with E-state index >= 15 is 0 Å². The molecule has 9 heteroatoms. The van der Waals surface area contributed by atoms with E-state index in [0.29, 0.717) is 28.7 Å². The van der Waals surface area contributed by atoms with Crippen LogP contribution in [-0.2, 0) is 18.9 Å². The molecule has 0 atom stereocenters. The molecule has 0 saturated heterocycles. The quantitative estimate of drug-likeness (QED) is 0.304. The fourth-order valence-electron chi connectivity index (χ4n) is 2.24. The topological polar surface area (TPSA) is 92.4 Å². The Morgan fingerprint density at radius 2 is 1.30 bits per heavy atom. The van der Waals surface area contributed by atoms with E-state index in [0.717, 1.165) is 23.0 Å². The van der Waals surface area contributed by atoms with E-state index in [2.05, 4.69) is 4.99 Å². The lowest BCUT2D eigenvalue weighted by atomic mass is 10.2. The van der Waals surface area contributed by atoms with Crippen molar-refractivity contribution in [3.63, 3.8) is 0 Å². The van der Waals surface area contributed by atoms with E-state index in [1.807, 2.05) is 38.1 Å². The lowest BCUT2D eigenvalue weighted by Gasteiger charge is -2.09. The van der Waals surface area contributed by atoms with Crippen LogP contribution in [0.4, 0.5) is 0 Å². The molecule has 2 rings (SSSR count). The number of nitrogens with zero attached hydrogens (tertiary/aromatic N) is 1. The van der Waals surface area contributed by atoms with Crippen molar-refractivity contribution in [1.29, 1.82) is 0 Å². The number of halogens is 2. The van der Waals surface area contributed by atoms with Crippen molar-refractivity contribution >= 4 is 35.7 Å². The molecule has 2 aromatic carbocycles. The van der Waals surface area contributed by atoms with Gasteiger partial charge < -0.3 is 24.7 Å². The van der Waals surface area contributed by atoms with Crippen LogP contribution in [0.2, 0.25) is 10.0 Å². The summed E-state index contributed by atoms with van der Waals surface area (Å²) in [7, 11) is 6.28. The molecule has 33 heavy (non-hydrogen) atoms. The Morgan fingerprint density at radius 1 is 0.848 bits per heavy atom. The molecule has 0 saturated carbocycles. The Morgan fingerprint density at radius 3 is 1.64 bits per heavy atom. The summed E-state index contributed by atoms with van der Waals surface area (Å²) in [6.45, 7) is 4.79. The van der Waals surface area contributed by atoms with Crippen molar-refractivity contribution in [2.45, 2.75) is 26.4 Å². The van der Waals surface area contributed by atoms with E-state index in [4.69, 9.17) is 47.9 Å². The van der Waals surface area contributed by atoms with Crippen LogP contribution in [-0.4, -0.2) is 66.6 Å². The normalized spacial score (nSPS) is 10.6. The van der Waals surface area contributed by atoms with Gasteiger partial charge in [0.25, 0.3) is 0 Å². The number of hydrogen-bond donors (Lipinski definition) is 1. The highest BCUT2D eigenvalue weighted by molar-refractivity contribution is 6.33. The SMILES string of the molecule is COC(CN)OC.COC(CN=Cc1ccc(C)cc1Cl)OC.Cc1ccc(C=O)c(Cl)c1. The van der Waals surface area contributed by atoms with Gasteiger partial charge in [0, 0.05) is 57.3 Å². The molecule has 0 aromatic heterocycles. The summed E-state index contributed by atoms with van der Waals surface area (Å²) in [5, 5.41) is 1.23. The first-order chi connectivity index (χ1) is 15.8. The van der Waals surface area contributed by atoms with E-state index < -0.39 is 0 Å². The maximum Gasteiger partial charge on any atom is 0.176 e. The second-order valence-corrected chi connectivity index (χ2v) is 7.51. The standard InChI is InChI=1S/C12H16ClNO2.C8H7ClO.C4H11NO2/c1-9-4-5-10(11(13)6-9)7-14-8-12(15-2)16-3;1-6-2-3-7(5-10)8(9)4-6;1-6-4(3-5)7-2/h4-7,12H,8H2,1-3H3;2-5H,1H3;4H,3,5H2,1-2H3. The van der Waals surface area contributed by atoms with Gasteiger partial charge in [-0.05, 0) is 43.2 Å². The second-order valence-electron chi connectivity index (χ2n) is 6.70. The van der Waals surface area contributed by atoms with Gasteiger partial charge in [-0.25, -0.2) is 0 Å². The highest BCUT2D eigenvalue weighted by Crippen LogP contribution is 2.16. The summed E-state index contributed by atoms with van der Waals surface area (Å²) in [6, 6.07) is 11.2. The molecule has 0 fully saturated rings. The van der Waals surface area contributed by atoms with Crippen molar-refractivity contribution in [2.24, 2.45) is 10.7 Å². The average Bonchev–Trinajstić information content (AvgIpc) is 2.80. The largest absolute Gasteiger partial charge is 0.355 e. The summed E-state index contributed by atoms with van der Waals surface area (Å²) in [5.74, 6) is 0. The third-order valence-corrected chi connectivity index (χ3v) is 4.82. The molecule has 0 aliphatic heterocycles. The Bertz CT molecular complexity index is 836. The number of aliphatic imine (C=N–C) groups is 1. The molecule has 2 N–H and O–H groups in total. The molecule has 2 aromatic rings. The van der Waals surface area contributed by atoms with Gasteiger partial charge in [0.1, 0.15) is 0 Å². The van der Waals surface area contributed by atoms with E-state index in [-0.39, 0.29) is 12.6 Å². The third-order valence-electron chi connectivity index (χ3n) is 4.17.